The molecule has 2 atom stereocenters. The summed E-state index contributed by atoms with van der Waals surface area (Å²) in [5.74, 6) is -0.731. The lowest BCUT2D eigenvalue weighted by molar-refractivity contribution is 0.0161. The summed E-state index contributed by atoms with van der Waals surface area (Å²) in [5.41, 5.74) is 4.37. The molecule has 0 aliphatic heterocycles. The van der Waals surface area contributed by atoms with Crippen molar-refractivity contribution in [3.8, 4) is 11.1 Å². The van der Waals surface area contributed by atoms with Crippen molar-refractivity contribution >= 4 is 22.0 Å². The quantitative estimate of drug-likeness (QED) is 0.479. The fraction of sp³-hybridized carbons (Fsp3) is 0.208. The average molecular weight is 486 g/mol. The lowest BCUT2D eigenvalue weighted by atomic mass is 9.98. The molecule has 0 saturated carbocycles. The average Bonchev–Trinajstić information content (AvgIpc) is 3.09. The highest BCUT2D eigenvalue weighted by Gasteiger charge is 2.29. The molecule has 3 aromatic rings. The Balaban J connectivity index is 1.36. The Hall–Kier alpha value is -2.74. The van der Waals surface area contributed by atoms with E-state index in [0.717, 1.165) is 22.3 Å². The third-order valence-electron chi connectivity index (χ3n) is 5.46. The molecule has 5 nitrogen and oxygen atoms in total. The minimum absolute atomic E-state index is 0.0654. The number of halogens is 2. The smallest absolute Gasteiger partial charge is 0.407 e. The zero-order chi connectivity index (χ0) is 22.0. The number of fused-ring (bicyclic) bond motifs is 3. The SMILES string of the molecule is O=C(NCC(O)C(O)c1c(F)cccc1Br)OCC1c2ccccc2-c2ccccc21. The van der Waals surface area contributed by atoms with E-state index < -0.39 is 24.1 Å². The molecule has 0 bridgehead atoms. The Bertz CT molecular complexity index is 1040. The van der Waals surface area contributed by atoms with E-state index in [9.17, 15) is 19.4 Å². The Morgan fingerprint density at radius 2 is 1.61 bits per heavy atom. The number of ether oxygens (including phenoxy) is 1. The fourth-order valence-corrected chi connectivity index (χ4v) is 4.51. The summed E-state index contributed by atoms with van der Waals surface area (Å²) >= 11 is 3.16. The van der Waals surface area contributed by atoms with Gasteiger partial charge in [0.25, 0.3) is 0 Å². The first kappa shape index (κ1) is 21.5. The lowest BCUT2D eigenvalue weighted by Crippen LogP contribution is -2.36. The van der Waals surface area contributed by atoms with Crippen LogP contribution in [-0.4, -0.2) is 35.6 Å². The first-order valence-corrected chi connectivity index (χ1v) is 10.7. The van der Waals surface area contributed by atoms with Crippen LogP contribution < -0.4 is 5.32 Å². The van der Waals surface area contributed by atoms with Gasteiger partial charge in [0.2, 0.25) is 0 Å². The standard InChI is InChI=1S/C24H21BrFNO4/c25-19-10-5-11-20(26)22(19)23(29)21(28)12-27-24(30)31-13-18-16-8-3-1-6-14(16)15-7-2-4-9-17(15)18/h1-11,18,21,23,28-29H,12-13H2,(H,27,30). The van der Waals surface area contributed by atoms with Crippen LogP contribution in [0, 0.1) is 5.82 Å². The van der Waals surface area contributed by atoms with E-state index in [1.807, 2.05) is 48.5 Å². The monoisotopic (exact) mass is 485 g/mol. The number of amides is 1. The van der Waals surface area contributed by atoms with Gasteiger partial charge in [0.1, 0.15) is 24.6 Å². The van der Waals surface area contributed by atoms with Crippen molar-refractivity contribution in [1.82, 2.24) is 5.32 Å². The molecule has 1 aliphatic rings. The molecule has 2 unspecified atom stereocenters. The van der Waals surface area contributed by atoms with Crippen molar-refractivity contribution in [1.29, 1.82) is 0 Å². The van der Waals surface area contributed by atoms with E-state index in [4.69, 9.17) is 4.74 Å². The maximum atomic E-state index is 14.0. The Morgan fingerprint density at radius 1 is 1.00 bits per heavy atom. The molecule has 31 heavy (non-hydrogen) atoms. The van der Waals surface area contributed by atoms with Gasteiger partial charge in [-0.2, -0.15) is 0 Å². The number of alkyl carbamates (subject to hydrolysis) is 1. The number of hydrogen-bond acceptors (Lipinski definition) is 4. The summed E-state index contributed by atoms with van der Waals surface area (Å²) in [6.07, 6.45) is -3.64. The van der Waals surface area contributed by atoms with E-state index in [-0.39, 0.29) is 24.6 Å². The van der Waals surface area contributed by atoms with Crippen molar-refractivity contribution in [3.63, 3.8) is 0 Å². The first-order valence-electron chi connectivity index (χ1n) is 9.86. The second-order valence-electron chi connectivity index (χ2n) is 7.35. The van der Waals surface area contributed by atoms with Gasteiger partial charge >= 0.3 is 6.09 Å². The molecule has 7 heteroatoms. The van der Waals surface area contributed by atoms with Gasteiger partial charge in [0.15, 0.2) is 0 Å². The van der Waals surface area contributed by atoms with Gasteiger partial charge in [-0.15, -0.1) is 0 Å². The van der Waals surface area contributed by atoms with Crippen LogP contribution in [0.2, 0.25) is 0 Å². The second kappa shape index (κ2) is 9.18. The molecule has 0 aromatic heterocycles. The number of benzene rings is 3. The normalized spacial score (nSPS) is 14.5. The summed E-state index contributed by atoms with van der Waals surface area (Å²) in [4.78, 5) is 12.2. The molecular formula is C24H21BrFNO4. The number of carbonyl (C=O) groups excluding carboxylic acids is 1. The summed E-state index contributed by atoms with van der Waals surface area (Å²) in [7, 11) is 0. The zero-order valence-electron chi connectivity index (χ0n) is 16.5. The zero-order valence-corrected chi connectivity index (χ0v) is 18.0. The summed E-state index contributed by atoms with van der Waals surface area (Å²) in [6.45, 7) is -0.157. The van der Waals surface area contributed by atoms with Crippen molar-refractivity contribution in [2.45, 2.75) is 18.1 Å². The number of aliphatic hydroxyl groups excluding tert-OH is 2. The van der Waals surface area contributed by atoms with Gasteiger partial charge < -0.3 is 20.3 Å². The molecule has 3 N–H and O–H groups in total. The Morgan fingerprint density at radius 3 is 2.23 bits per heavy atom. The van der Waals surface area contributed by atoms with Crippen LogP contribution in [0.4, 0.5) is 9.18 Å². The van der Waals surface area contributed by atoms with Crippen LogP contribution in [0.25, 0.3) is 11.1 Å². The van der Waals surface area contributed by atoms with Crippen LogP contribution in [0.3, 0.4) is 0 Å². The molecular weight excluding hydrogens is 465 g/mol. The molecule has 1 amide bonds. The topological polar surface area (TPSA) is 78.8 Å². The van der Waals surface area contributed by atoms with Crippen molar-refractivity contribution in [2.24, 2.45) is 0 Å². The van der Waals surface area contributed by atoms with E-state index in [0.29, 0.717) is 4.47 Å². The second-order valence-corrected chi connectivity index (χ2v) is 8.21. The Labute approximate surface area is 187 Å². The first-order chi connectivity index (χ1) is 15.0. The number of carbonyl (C=O) groups is 1. The molecule has 0 radical (unpaired) electrons. The van der Waals surface area contributed by atoms with E-state index in [1.165, 1.54) is 12.1 Å². The van der Waals surface area contributed by atoms with Crippen molar-refractivity contribution in [3.05, 3.63) is 93.7 Å². The molecule has 4 rings (SSSR count). The van der Waals surface area contributed by atoms with Gasteiger partial charge in [-0.25, -0.2) is 9.18 Å². The van der Waals surface area contributed by atoms with Crippen molar-refractivity contribution in [2.75, 3.05) is 13.2 Å². The lowest BCUT2D eigenvalue weighted by Gasteiger charge is -2.20. The van der Waals surface area contributed by atoms with E-state index in [1.54, 1.807) is 6.07 Å². The maximum absolute atomic E-state index is 14.0. The van der Waals surface area contributed by atoms with Gasteiger partial charge in [-0.05, 0) is 34.4 Å². The minimum Gasteiger partial charge on any atom is -0.449 e. The van der Waals surface area contributed by atoms with Crippen LogP contribution in [-0.2, 0) is 4.74 Å². The number of hydrogen-bond donors (Lipinski definition) is 3. The molecule has 0 heterocycles. The van der Waals surface area contributed by atoms with Gasteiger partial charge in [-0.1, -0.05) is 70.5 Å². The fourth-order valence-electron chi connectivity index (χ4n) is 3.93. The Kier molecular flexibility index (Phi) is 6.36. The highest BCUT2D eigenvalue weighted by molar-refractivity contribution is 9.10. The number of rotatable bonds is 6. The van der Waals surface area contributed by atoms with E-state index in [2.05, 4.69) is 21.2 Å². The minimum atomic E-state index is -1.51. The summed E-state index contributed by atoms with van der Waals surface area (Å²) in [5, 5.41) is 22.9. The molecule has 3 aromatic carbocycles. The van der Waals surface area contributed by atoms with Crippen LogP contribution in [0.5, 0.6) is 0 Å². The molecule has 1 aliphatic carbocycles. The third kappa shape index (κ3) is 4.35. The predicted molar refractivity (Wildman–Crippen MR) is 118 cm³/mol. The van der Waals surface area contributed by atoms with Crippen LogP contribution >= 0.6 is 15.9 Å². The summed E-state index contributed by atoms with van der Waals surface area (Å²) < 4.78 is 19.7. The maximum Gasteiger partial charge on any atom is 0.407 e. The predicted octanol–water partition coefficient (Wildman–Crippen LogP) is 4.52. The largest absolute Gasteiger partial charge is 0.449 e. The highest BCUT2D eigenvalue weighted by Crippen LogP contribution is 2.44. The van der Waals surface area contributed by atoms with Crippen LogP contribution in [0.1, 0.15) is 28.7 Å². The molecule has 0 fully saturated rings. The van der Waals surface area contributed by atoms with Gasteiger partial charge in [-0.3, -0.25) is 0 Å². The van der Waals surface area contributed by atoms with Gasteiger partial charge in [0, 0.05) is 22.5 Å². The van der Waals surface area contributed by atoms with E-state index >= 15 is 0 Å². The number of aliphatic hydroxyl groups is 2. The molecule has 0 saturated heterocycles. The molecule has 0 spiro atoms. The van der Waals surface area contributed by atoms with Crippen LogP contribution in [0.15, 0.2) is 71.2 Å². The summed E-state index contributed by atoms with van der Waals surface area (Å²) in [6, 6.07) is 20.2. The third-order valence-corrected chi connectivity index (χ3v) is 6.15. The number of nitrogens with one attached hydrogen (secondary N) is 1. The highest BCUT2D eigenvalue weighted by atomic mass is 79.9. The van der Waals surface area contributed by atoms with Gasteiger partial charge in [0.05, 0.1) is 0 Å². The van der Waals surface area contributed by atoms with Crippen molar-refractivity contribution < 1.29 is 24.1 Å². The molecule has 160 valence electrons.